The number of nitrogen functional groups attached to an aromatic ring is 1. The smallest absolute Gasteiger partial charge is 0.295 e. The molecule has 0 amide bonds. The van der Waals surface area contributed by atoms with E-state index in [1.54, 1.807) is 0 Å². The highest BCUT2D eigenvalue weighted by molar-refractivity contribution is 5.96. The second-order valence-electron chi connectivity index (χ2n) is 7.57. The van der Waals surface area contributed by atoms with Crippen LogP contribution in [-0.2, 0) is 6.54 Å². The molecule has 2 aliphatic carbocycles. The highest BCUT2D eigenvalue weighted by Gasteiger charge is 2.34. The fraction of sp³-hybridized carbons (Fsp3) is 0.526. The zero-order chi connectivity index (χ0) is 16.3. The number of rotatable bonds is 3. The molecule has 2 aromatic rings. The average Bonchev–Trinajstić information content (AvgIpc) is 3.45. The first kappa shape index (κ1) is 14.2. The number of nitrogens with zero attached hydrogens (tertiary/aromatic N) is 1. The molecule has 0 unspecified atom stereocenters. The van der Waals surface area contributed by atoms with Gasteiger partial charge in [0.2, 0.25) is 5.75 Å². The molecular weight excluding hydrogens is 302 g/mol. The number of nitrogens with one attached hydrogen (secondary N) is 1. The first-order valence-corrected chi connectivity index (χ1v) is 9.06. The zero-order valence-corrected chi connectivity index (χ0v) is 13.8. The Hall–Kier alpha value is -2.17. The highest BCUT2D eigenvalue weighted by Crippen LogP contribution is 2.41. The zero-order valence-electron chi connectivity index (χ0n) is 13.8. The predicted octanol–water partition coefficient (Wildman–Crippen LogP) is 2.97. The summed E-state index contributed by atoms with van der Waals surface area (Å²) in [5, 5.41) is 4.65. The highest BCUT2D eigenvalue weighted by atomic mass is 16.5. The Morgan fingerprint density at radius 3 is 2.79 bits per heavy atom. The van der Waals surface area contributed by atoms with Crippen LogP contribution in [-0.4, -0.2) is 17.2 Å². The first-order valence-electron chi connectivity index (χ1n) is 9.06. The maximum Gasteiger partial charge on any atom is 0.295 e. The standard InChI is InChI=1S/C19H23N3O2/c20-13-5-6-16-14(9-13)17-18(19(23)22(16)10-11-1-2-11)24-8-7-15(21-17)12-3-4-12/h5-6,9,11-12,15,21H,1-4,7-8,10,20H2/t15-/m1/s1. The van der Waals surface area contributed by atoms with Gasteiger partial charge in [-0.05, 0) is 55.7 Å². The van der Waals surface area contributed by atoms with Crippen LogP contribution in [0, 0.1) is 11.8 Å². The van der Waals surface area contributed by atoms with E-state index in [0.717, 1.165) is 35.2 Å². The monoisotopic (exact) mass is 325 g/mol. The lowest BCUT2D eigenvalue weighted by Crippen LogP contribution is -2.25. The maximum atomic E-state index is 13.1. The van der Waals surface area contributed by atoms with Gasteiger partial charge in [-0.2, -0.15) is 0 Å². The molecule has 5 heteroatoms. The van der Waals surface area contributed by atoms with E-state index in [1.807, 2.05) is 22.8 Å². The molecule has 1 aromatic heterocycles. The van der Waals surface area contributed by atoms with Gasteiger partial charge in [0.25, 0.3) is 5.56 Å². The molecular formula is C19H23N3O2. The Bertz CT molecular complexity index is 865. The van der Waals surface area contributed by atoms with Crippen LogP contribution in [0.25, 0.3) is 10.9 Å². The van der Waals surface area contributed by atoms with Crippen molar-refractivity contribution in [2.45, 2.75) is 44.7 Å². The SMILES string of the molecule is Nc1ccc2c(c1)c1c(c(=O)n2CC2CC2)OCC[C@H](C2CC2)N1. The minimum Gasteiger partial charge on any atom is -0.486 e. The largest absolute Gasteiger partial charge is 0.486 e. The van der Waals surface area contributed by atoms with Crippen molar-refractivity contribution in [3.05, 3.63) is 28.6 Å². The van der Waals surface area contributed by atoms with Crippen molar-refractivity contribution < 1.29 is 4.74 Å². The average molecular weight is 325 g/mol. The van der Waals surface area contributed by atoms with Gasteiger partial charge in [-0.3, -0.25) is 4.79 Å². The van der Waals surface area contributed by atoms with Gasteiger partial charge in [-0.25, -0.2) is 0 Å². The molecule has 2 saturated carbocycles. The number of benzene rings is 1. The summed E-state index contributed by atoms with van der Waals surface area (Å²) in [7, 11) is 0. The maximum absolute atomic E-state index is 13.1. The number of nitrogens with two attached hydrogens (primary N) is 1. The van der Waals surface area contributed by atoms with E-state index >= 15 is 0 Å². The Morgan fingerprint density at radius 2 is 2.04 bits per heavy atom. The van der Waals surface area contributed by atoms with Crippen LogP contribution in [0.3, 0.4) is 0 Å². The fourth-order valence-corrected chi connectivity index (χ4v) is 3.87. The number of pyridine rings is 1. The lowest BCUT2D eigenvalue weighted by atomic mass is 10.1. The van der Waals surface area contributed by atoms with Crippen molar-refractivity contribution in [1.82, 2.24) is 4.57 Å². The summed E-state index contributed by atoms with van der Waals surface area (Å²) in [6.45, 7) is 1.38. The van der Waals surface area contributed by atoms with Crippen LogP contribution in [0.5, 0.6) is 5.75 Å². The molecule has 24 heavy (non-hydrogen) atoms. The third kappa shape index (κ3) is 2.34. The Labute approximate surface area is 140 Å². The summed E-state index contributed by atoms with van der Waals surface area (Å²) in [5.41, 5.74) is 8.58. The molecule has 1 aliphatic heterocycles. The molecule has 0 radical (unpaired) electrons. The number of ether oxygens (including phenoxy) is 1. The first-order chi connectivity index (χ1) is 11.7. The molecule has 2 fully saturated rings. The van der Waals surface area contributed by atoms with E-state index in [1.165, 1.54) is 25.7 Å². The third-order valence-corrected chi connectivity index (χ3v) is 5.58. The van der Waals surface area contributed by atoms with Crippen molar-refractivity contribution >= 4 is 22.3 Å². The molecule has 5 rings (SSSR count). The molecule has 0 bridgehead atoms. The summed E-state index contributed by atoms with van der Waals surface area (Å²) in [6, 6.07) is 6.23. The van der Waals surface area contributed by atoms with E-state index in [9.17, 15) is 4.79 Å². The third-order valence-electron chi connectivity index (χ3n) is 5.58. The second kappa shape index (κ2) is 5.16. The number of anilines is 2. The number of fused-ring (bicyclic) bond motifs is 3. The number of aromatic nitrogens is 1. The molecule has 5 nitrogen and oxygen atoms in total. The second-order valence-corrected chi connectivity index (χ2v) is 7.57. The van der Waals surface area contributed by atoms with Crippen LogP contribution in [0.15, 0.2) is 23.0 Å². The van der Waals surface area contributed by atoms with Gasteiger partial charge in [-0.1, -0.05) is 0 Å². The summed E-state index contributed by atoms with van der Waals surface area (Å²) in [5.74, 6) is 1.82. The quantitative estimate of drug-likeness (QED) is 0.851. The van der Waals surface area contributed by atoms with E-state index in [-0.39, 0.29) is 5.56 Å². The van der Waals surface area contributed by atoms with Gasteiger partial charge >= 0.3 is 0 Å². The van der Waals surface area contributed by atoms with Crippen LogP contribution in [0.4, 0.5) is 11.4 Å². The van der Waals surface area contributed by atoms with Crippen molar-refractivity contribution in [2.75, 3.05) is 17.7 Å². The fourth-order valence-electron chi connectivity index (χ4n) is 3.87. The van der Waals surface area contributed by atoms with Crippen LogP contribution >= 0.6 is 0 Å². The number of hydrogen-bond acceptors (Lipinski definition) is 4. The molecule has 1 aromatic carbocycles. The minimum absolute atomic E-state index is 0.00174. The summed E-state index contributed by atoms with van der Waals surface area (Å²) in [6.07, 6.45) is 5.91. The van der Waals surface area contributed by atoms with Crippen LogP contribution < -0.4 is 21.3 Å². The number of hydrogen-bond donors (Lipinski definition) is 2. The van der Waals surface area contributed by atoms with Crippen molar-refractivity contribution in [2.24, 2.45) is 11.8 Å². The summed E-state index contributed by atoms with van der Waals surface area (Å²) >= 11 is 0. The minimum atomic E-state index is -0.00174. The van der Waals surface area contributed by atoms with Crippen molar-refractivity contribution in [3.8, 4) is 5.75 Å². The normalized spacial score (nSPS) is 23.2. The molecule has 3 N–H and O–H groups in total. The Balaban J connectivity index is 1.73. The lowest BCUT2D eigenvalue weighted by Gasteiger charge is -2.20. The summed E-state index contributed by atoms with van der Waals surface area (Å²) in [4.78, 5) is 13.1. The molecule has 1 atom stereocenters. The van der Waals surface area contributed by atoms with E-state index in [2.05, 4.69) is 5.32 Å². The van der Waals surface area contributed by atoms with Gasteiger partial charge < -0.3 is 20.4 Å². The topological polar surface area (TPSA) is 69.3 Å². The molecule has 2 heterocycles. The van der Waals surface area contributed by atoms with E-state index < -0.39 is 0 Å². The van der Waals surface area contributed by atoms with E-state index in [0.29, 0.717) is 30.2 Å². The summed E-state index contributed by atoms with van der Waals surface area (Å²) < 4.78 is 7.83. The van der Waals surface area contributed by atoms with E-state index in [4.69, 9.17) is 10.5 Å². The van der Waals surface area contributed by atoms with Gasteiger partial charge in [-0.15, -0.1) is 0 Å². The Morgan fingerprint density at radius 1 is 1.21 bits per heavy atom. The van der Waals surface area contributed by atoms with Gasteiger partial charge in [0.15, 0.2) is 0 Å². The molecule has 3 aliphatic rings. The predicted molar refractivity (Wildman–Crippen MR) is 95.6 cm³/mol. The van der Waals surface area contributed by atoms with Crippen molar-refractivity contribution in [1.29, 1.82) is 0 Å². The van der Waals surface area contributed by atoms with Crippen LogP contribution in [0.2, 0.25) is 0 Å². The lowest BCUT2D eigenvalue weighted by molar-refractivity contribution is 0.302. The Kier molecular flexibility index (Phi) is 3.05. The van der Waals surface area contributed by atoms with Gasteiger partial charge in [0.05, 0.1) is 17.8 Å². The molecule has 0 saturated heterocycles. The van der Waals surface area contributed by atoms with Crippen LogP contribution in [0.1, 0.15) is 32.1 Å². The molecule has 0 spiro atoms. The molecule has 126 valence electrons. The van der Waals surface area contributed by atoms with Gasteiger partial charge in [0.1, 0.15) is 0 Å². The van der Waals surface area contributed by atoms with Gasteiger partial charge in [0, 0.05) is 30.1 Å². The van der Waals surface area contributed by atoms with Crippen molar-refractivity contribution in [3.63, 3.8) is 0 Å².